The van der Waals surface area contributed by atoms with Crippen LogP contribution in [0.25, 0.3) is 0 Å². The zero-order chi connectivity index (χ0) is 31.4. The van der Waals surface area contributed by atoms with Crippen molar-refractivity contribution in [3.8, 4) is 5.75 Å². The number of nitrogens with one attached hydrogen (secondary N) is 2. The maximum Gasteiger partial charge on any atom is 0.251 e. The van der Waals surface area contributed by atoms with E-state index in [1.807, 2.05) is 26.0 Å². The molecule has 0 spiro atoms. The monoisotopic (exact) mass is 593 g/mol. The summed E-state index contributed by atoms with van der Waals surface area (Å²) in [6.07, 6.45) is 7.99. The van der Waals surface area contributed by atoms with Crippen molar-refractivity contribution in [1.29, 1.82) is 0 Å². The number of likely N-dealkylation sites (tertiary alicyclic amines) is 1. The van der Waals surface area contributed by atoms with Crippen LogP contribution in [0.1, 0.15) is 83.5 Å². The number of methoxy groups -OCH3 is 1. The first-order valence-corrected chi connectivity index (χ1v) is 15.6. The van der Waals surface area contributed by atoms with E-state index in [0.29, 0.717) is 29.6 Å². The Labute approximate surface area is 257 Å². The summed E-state index contributed by atoms with van der Waals surface area (Å²) < 4.78 is 5.67. The lowest BCUT2D eigenvalue weighted by molar-refractivity contribution is -0.136. The molecule has 10 nitrogen and oxygen atoms in total. The molecule has 1 saturated carbocycles. The predicted molar refractivity (Wildman–Crippen MR) is 174 cm³/mol. The standard InChI is InChI=1S/C33H51N7O3/c1-32(2,3)39-17-15-24(16-18-39)37-30(41)23-13-14-26(28(19-23)43-8)35-22-36-29-27(20-34-6)38(7)31(42)33(4,5)21-40(29)25-11-9-10-12-25/h13-14,19-20,24-25,35H,6,9-12,15-18,21-22H2,1-5,7-8H3,(H,37,41)/b27-20+,36-29+. The maximum atomic E-state index is 13.4. The summed E-state index contributed by atoms with van der Waals surface area (Å²) in [4.78, 5) is 41.9. The number of hydrogen-bond acceptors (Lipinski definition) is 7. The number of amidine groups is 1. The normalized spacial score (nSPS) is 22.6. The third-order valence-corrected chi connectivity index (χ3v) is 9.03. The average Bonchev–Trinajstić information content (AvgIpc) is 3.49. The number of hydrogen-bond donors (Lipinski definition) is 2. The van der Waals surface area contributed by atoms with Crippen molar-refractivity contribution >= 4 is 30.1 Å². The van der Waals surface area contributed by atoms with Gasteiger partial charge in [0.2, 0.25) is 5.91 Å². The molecule has 2 saturated heterocycles. The molecular weight excluding hydrogens is 542 g/mol. The molecule has 4 rings (SSSR count). The van der Waals surface area contributed by atoms with Crippen molar-refractivity contribution in [2.24, 2.45) is 15.4 Å². The predicted octanol–water partition coefficient (Wildman–Crippen LogP) is 4.74. The fourth-order valence-corrected chi connectivity index (χ4v) is 6.49. The van der Waals surface area contributed by atoms with Crippen molar-refractivity contribution < 1.29 is 14.3 Å². The van der Waals surface area contributed by atoms with Crippen LogP contribution in [-0.2, 0) is 4.79 Å². The van der Waals surface area contributed by atoms with Crippen LogP contribution in [0.3, 0.4) is 0 Å². The van der Waals surface area contributed by atoms with Gasteiger partial charge in [-0.05, 0) is 85.2 Å². The molecule has 2 amide bonds. The molecule has 2 heterocycles. The first kappa shape index (κ1) is 32.5. The molecule has 0 aromatic heterocycles. The molecule has 2 N–H and O–H groups in total. The molecule has 236 valence electrons. The van der Waals surface area contributed by atoms with Crippen LogP contribution in [0, 0.1) is 5.41 Å². The van der Waals surface area contributed by atoms with E-state index in [1.54, 1.807) is 31.3 Å². The molecule has 3 aliphatic rings. The van der Waals surface area contributed by atoms with E-state index < -0.39 is 5.41 Å². The quantitative estimate of drug-likeness (QED) is 0.423. The fraction of sp³-hybridized carbons (Fsp3) is 0.636. The van der Waals surface area contributed by atoms with Gasteiger partial charge in [-0.1, -0.05) is 12.8 Å². The van der Waals surface area contributed by atoms with Crippen molar-refractivity contribution in [2.75, 3.05) is 45.8 Å². The summed E-state index contributed by atoms with van der Waals surface area (Å²) >= 11 is 0. The Balaban J connectivity index is 1.49. The van der Waals surface area contributed by atoms with E-state index in [-0.39, 0.29) is 30.1 Å². The number of rotatable bonds is 8. The van der Waals surface area contributed by atoms with E-state index in [9.17, 15) is 9.59 Å². The summed E-state index contributed by atoms with van der Waals surface area (Å²) in [6, 6.07) is 5.93. The highest BCUT2D eigenvalue weighted by Gasteiger charge is 2.42. The molecule has 0 bridgehead atoms. The minimum atomic E-state index is -0.578. The summed E-state index contributed by atoms with van der Waals surface area (Å²) in [5.41, 5.74) is 1.51. The van der Waals surface area contributed by atoms with Crippen molar-refractivity contribution in [2.45, 2.75) is 90.8 Å². The summed E-state index contributed by atoms with van der Waals surface area (Å²) in [5, 5.41) is 6.58. The second-order valence-electron chi connectivity index (χ2n) is 13.6. The minimum Gasteiger partial charge on any atom is -0.495 e. The van der Waals surface area contributed by atoms with Gasteiger partial charge < -0.3 is 25.2 Å². The summed E-state index contributed by atoms with van der Waals surface area (Å²) in [7, 11) is 3.38. The van der Waals surface area contributed by atoms with Gasteiger partial charge in [0.25, 0.3) is 5.91 Å². The molecule has 10 heteroatoms. The number of carbonyl (C=O) groups excluding carboxylic acids is 2. The molecular formula is C33H51N7O3. The van der Waals surface area contributed by atoms with Gasteiger partial charge in [-0.25, -0.2) is 4.99 Å². The van der Waals surface area contributed by atoms with Crippen molar-refractivity contribution in [1.82, 2.24) is 20.0 Å². The van der Waals surface area contributed by atoms with Crippen LogP contribution in [-0.4, -0.2) is 97.2 Å². The molecule has 1 aliphatic carbocycles. The van der Waals surface area contributed by atoms with Gasteiger partial charge in [0.05, 0.1) is 24.4 Å². The van der Waals surface area contributed by atoms with E-state index >= 15 is 0 Å². The number of nitrogens with zero attached hydrogens (tertiary/aromatic N) is 5. The first-order chi connectivity index (χ1) is 20.4. The number of ether oxygens (including phenoxy) is 1. The topological polar surface area (TPSA) is 102 Å². The van der Waals surface area contributed by atoms with Crippen LogP contribution in [0.5, 0.6) is 5.75 Å². The number of carbonyl (C=O) groups is 2. The number of anilines is 1. The molecule has 0 radical (unpaired) electrons. The van der Waals surface area contributed by atoms with Crippen LogP contribution in [0.2, 0.25) is 0 Å². The zero-order valence-corrected chi connectivity index (χ0v) is 27.2. The summed E-state index contributed by atoms with van der Waals surface area (Å²) in [5.74, 6) is 1.24. The smallest absolute Gasteiger partial charge is 0.251 e. The van der Waals surface area contributed by atoms with Crippen LogP contribution in [0.4, 0.5) is 5.69 Å². The van der Waals surface area contributed by atoms with Crippen LogP contribution < -0.4 is 15.4 Å². The Kier molecular flexibility index (Phi) is 10.2. The lowest BCUT2D eigenvalue weighted by Gasteiger charge is -2.41. The summed E-state index contributed by atoms with van der Waals surface area (Å²) in [6.45, 7) is 17.1. The number of benzene rings is 1. The van der Waals surface area contributed by atoms with Gasteiger partial charge in [0, 0.05) is 49.9 Å². The Morgan fingerprint density at radius 2 is 1.84 bits per heavy atom. The number of amides is 2. The van der Waals surface area contributed by atoms with Crippen LogP contribution in [0.15, 0.2) is 40.1 Å². The lowest BCUT2D eigenvalue weighted by Crippen LogP contribution is -2.50. The number of likely N-dealkylation sites (N-methyl/N-ethyl adjacent to an activating group) is 1. The van der Waals surface area contributed by atoms with Crippen molar-refractivity contribution in [3.63, 3.8) is 0 Å². The maximum absolute atomic E-state index is 13.4. The second kappa shape index (κ2) is 13.5. The van der Waals surface area contributed by atoms with Crippen molar-refractivity contribution in [3.05, 3.63) is 35.7 Å². The van der Waals surface area contributed by atoms with Gasteiger partial charge in [0.15, 0.2) is 5.84 Å². The highest BCUT2D eigenvalue weighted by molar-refractivity contribution is 6.04. The Bertz CT molecular complexity index is 1240. The van der Waals surface area contributed by atoms with Gasteiger partial charge in [-0.3, -0.25) is 19.5 Å². The Morgan fingerprint density at radius 1 is 1.16 bits per heavy atom. The van der Waals surface area contributed by atoms with Gasteiger partial charge in [-0.2, -0.15) is 0 Å². The second-order valence-corrected chi connectivity index (χ2v) is 13.6. The highest BCUT2D eigenvalue weighted by Crippen LogP contribution is 2.34. The molecule has 1 aromatic carbocycles. The number of piperidine rings is 1. The fourth-order valence-electron chi connectivity index (χ4n) is 6.49. The molecule has 0 atom stereocenters. The van der Waals surface area contributed by atoms with E-state index in [4.69, 9.17) is 9.73 Å². The molecule has 3 fully saturated rings. The molecule has 2 aliphatic heterocycles. The largest absolute Gasteiger partial charge is 0.495 e. The lowest BCUT2D eigenvalue weighted by atomic mass is 9.91. The first-order valence-electron chi connectivity index (χ1n) is 15.6. The van der Waals surface area contributed by atoms with Crippen LogP contribution >= 0.6 is 0 Å². The van der Waals surface area contributed by atoms with Gasteiger partial charge >= 0.3 is 0 Å². The number of aliphatic imine (C=N–C) groups is 2. The Hall–Kier alpha value is -3.40. The van der Waals surface area contributed by atoms with E-state index in [2.05, 4.69) is 52.9 Å². The average molecular weight is 594 g/mol. The van der Waals surface area contributed by atoms with Gasteiger partial charge in [0.1, 0.15) is 18.1 Å². The minimum absolute atomic E-state index is 0.0267. The highest BCUT2D eigenvalue weighted by atomic mass is 16.5. The van der Waals surface area contributed by atoms with E-state index in [1.165, 1.54) is 12.8 Å². The molecule has 1 aromatic rings. The van der Waals surface area contributed by atoms with E-state index in [0.717, 1.165) is 50.3 Å². The third kappa shape index (κ3) is 7.58. The zero-order valence-electron chi connectivity index (χ0n) is 27.2. The molecule has 43 heavy (non-hydrogen) atoms. The third-order valence-electron chi connectivity index (χ3n) is 9.03. The SMILES string of the molecule is C=N/C=C1\C(=N/CNc2ccc(C(=O)NC3CCN(C(C)(C)C)CC3)cc2OC)N(C2CCCC2)CC(C)(C)C(=O)N1C. The van der Waals surface area contributed by atoms with Gasteiger partial charge in [-0.15, -0.1) is 0 Å². The Morgan fingerprint density at radius 3 is 2.44 bits per heavy atom. The molecule has 0 unspecified atom stereocenters.